The Hall–Kier alpha value is -2.33. The molecule has 1 aromatic heterocycles. The summed E-state index contributed by atoms with van der Waals surface area (Å²) < 4.78 is 38.9. The minimum atomic E-state index is -4.64. The molecule has 1 fully saturated rings. The molecule has 0 amide bonds. The molecule has 24 heavy (non-hydrogen) atoms. The van der Waals surface area contributed by atoms with Gasteiger partial charge in [-0.3, -0.25) is 0 Å². The summed E-state index contributed by atoms with van der Waals surface area (Å²) in [5.41, 5.74) is 0.898. The molecule has 2 atom stereocenters. The third-order valence-electron chi connectivity index (χ3n) is 4.43. The van der Waals surface area contributed by atoms with Crippen molar-refractivity contribution in [3.8, 4) is 6.07 Å². The van der Waals surface area contributed by atoms with Crippen LogP contribution in [0.15, 0.2) is 30.5 Å². The Labute approximate surface area is 137 Å². The number of hydrogen-bond donors (Lipinski definition) is 1. The zero-order valence-electron chi connectivity index (χ0n) is 12.8. The molecule has 3 rings (SSSR count). The van der Waals surface area contributed by atoms with Crippen LogP contribution >= 0.6 is 0 Å². The van der Waals surface area contributed by atoms with Gasteiger partial charge in [0.25, 0.3) is 0 Å². The fraction of sp³-hybridized carbons (Fsp3) is 0.412. The Morgan fingerprint density at radius 3 is 2.79 bits per heavy atom. The zero-order chi connectivity index (χ0) is 17.3. The van der Waals surface area contributed by atoms with Crippen molar-refractivity contribution in [2.45, 2.75) is 37.6 Å². The molecule has 4 nitrogen and oxygen atoms in total. The van der Waals surface area contributed by atoms with E-state index >= 15 is 0 Å². The predicted octanol–water partition coefficient (Wildman–Crippen LogP) is 3.39. The number of aromatic nitrogens is 1. The van der Waals surface area contributed by atoms with E-state index in [1.54, 1.807) is 29.2 Å². The van der Waals surface area contributed by atoms with Crippen LogP contribution in [0.25, 0.3) is 10.8 Å². The lowest BCUT2D eigenvalue weighted by molar-refractivity contribution is -0.211. The third-order valence-corrected chi connectivity index (χ3v) is 4.43. The van der Waals surface area contributed by atoms with Gasteiger partial charge >= 0.3 is 6.18 Å². The monoisotopic (exact) mass is 335 g/mol. The van der Waals surface area contributed by atoms with Crippen molar-refractivity contribution in [1.29, 1.82) is 5.26 Å². The average Bonchev–Trinajstić information content (AvgIpc) is 2.59. The van der Waals surface area contributed by atoms with E-state index in [4.69, 9.17) is 5.26 Å². The molecule has 126 valence electrons. The van der Waals surface area contributed by atoms with Crippen molar-refractivity contribution in [3.05, 3.63) is 36.2 Å². The van der Waals surface area contributed by atoms with E-state index in [1.807, 2.05) is 6.07 Å². The van der Waals surface area contributed by atoms with Crippen molar-refractivity contribution in [3.63, 3.8) is 0 Å². The molecule has 1 aliphatic heterocycles. The van der Waals surface area contributed by atoms with Gasteiger partial charge in [-0.2, -0.15) is 18.4 Å². The fourth-order valence-electron chi connectivity index (χ4n) is 3.26. The van der Waals surface area contributed by atoms with Crippen LogP contribution in [-0.4, -0.2) is 35.0 Å². The molecular weight excluding hydrogens is 319 g/mol. The molecule has 7 heteroatoms. The van der Waals surface area contributed by atoms with Crippen LogP contribution in [0.2, 0.25) is 0 Å². The molecule has 0 radical (unpaired) electrons. The number of rotatable bonds is 2. The number of hydrogen-bond acceptors (Lipinski definition) is 4. The van der Waals surface area contributed by atoms with Gasteiger partial charge in [-0.15, -0.1) is 0 Å². The van der Waals surface area contributed by atoms with Crippen LogP contribution in [0.3, 0.4) is 0 Å². The van der Waals surface area contributed by atoms with Crippen molar-refractivity contribution >= 4 is 16.5 Å². The minimum Gasteiger partial charge on any atom is -0.382 e. The first-order valence-electron chi connectivity index (χ1n) is 7.72. The van der Waals surface area contributed by atoms with Crippen LogP contribution < -0.4 is 4.90 Å². The zero-order valence-corrected chi connectivity index (χ0v) is 12.8. The summed E-state index contributed by atoms with van der Waals surface area (Å²) in [5, 5.41) is 20.2. The second-order valence-corrected chi connectivity index (χ2v) is 5.92. The topological polar surface area (TPSA) is 60.2 Å². The standard InChI is InChI=1S/C17H16F3N3O/c18-17(19,20)16(24)15-3-1-2-8-23(15)12-4-5-13-11(9-12)6-7-22-14(13)10-21/h4-7,9,15-16,24H,1-3,8H2/t15-,16?/m1/s1. The van der Waals surface area contributed by atoms with E-state index in [2.05, 4.69) is 4.98 Å². The predicted molar refractivity (Wildman–Crippen MR) is 83.5 cm³/mol. The summed E-state index contributed by atoms with van der Waals surface area (Å²) in [6, 6.07) is 7.86. The van der Waals surface area contributed by atoms with Gasteiger partial charge in [0, 0.05) is 23.8 Å². The number of nitriles is 1. The highest BCUT2D eigenvalue weighted by Gasteiger charge is 2.46. The first-order valence-corrected chi connectivity index (χ1v) is 7.72. The second-order valence-electron chi connectivity index (χ2n) is 5.92. The summed E-state index contributed by atoms with van der Waals surface area (Å²) in [7, 11) is 0. The van der Waals surface area contributed by atoms with Crippen LogP contribution in [0, 0.1) is 11.3 Å². The first kappa shape index (κ1) is 16.5. The Kier molecular flexibility index (Phi) is 4.33. The Morgan fingerprint density at radius 2 is 2.08 bits per heavy atom. The van der Waals surface area contributed by atoms with Crippen LogP contribution in [-0.2, 0) is 0 Å². The van der Waals surface area contributed by atoms with E-state index in [-0.39, 0.29) is 5.69 Å². The third kappa shape index (κ3) is 3.02. The SMILES string of the molecule is N#Cc1nccc2cc(N3CCCC[C@@H]3C(O)C(F)(F)F)ccc12. The highest BCUT2D eigenvalue weighted by molar-refractivity contribution is 5.89. The minimum absolute atomic E-state index is 0.282. The number of benzene rings is 1. The number of anilines is 1. The molecule has 1 saturated heterocycles. The van der Waals surface area contributed by atoms with Crippen LogP contribution in [0.5, 0.6) is 0 Å². The van der Waals surface area contributed by atoms with Gasteiger partial charge in [-0.1, -0.05) is 0 Å². The highest BCUT2D eigenvalue weighted by Crippen LogP contribution is 2.34. The van der Waals surface area contributed by atoms with E-state index in [0.717, 1.165) is 11.8 Å². The van der Waals surface area contributed by atoms with Crippen molar-refractivity contribution < 1.29 is 18.3 Å². The molecule has 0 saturated carbocycles. The Balaban J connectivity index is 1.99. The molecule has 2 aromatic rings. The number of pyridine rings is 1. The number of alkyl halides is 3. The van der Waals surface area contributed by atoms with Crippen LogP contribution in [0.4, 0.5) is 18.9 Å². The summed E-state index contributed by atoms with van der Waals surface area (Å²) in [6.07, 6.45) is -3.79. The molecule has 0 spiro atoms. The first-order chi connectivity index (χ1) is 11.4. The van der Waals surface area contributed by atoms with Gasteiger partial charge in [0.1, 0.15) is 11.8 Å². The quantitative estimate of drug-likeness (QED) is 0.914. The average molecular weight is 335 g/mol. The van der Waals surface area contributed by atoms with E-state index in [1.165, 1.54) is 6.20 Å². The molecule has 0 bridgehead atoms. The molecule has 1 aliphatic rings. The lowest BCUT2D eigenvalue weighted by Gasteiger charge is -2.40. The molecular formula is C17H16F3N3O. The summed E-state index contributed by atoms with van der Waals surface area (Å²) >= 11 is 0. The lowest BCUT2D eigenvalue weighted by atomic mass is 9.95. The van der Waals surface area contributed by atoms with Crippen LogP contribution in [0.1, 0.15) is 25.0 Å². The molecule has 1 aromatic carbocycles. The number of aliphatic hydroxyl groups is 1. The number of aliphatic hydroxyl groups excluding tert-OH is 1. The Morgan fingerprint density at radius 1 is 1.29 bits per heavy atom. The number of fused-ring (bicyclic) bond motifs is 1. The summed E-state index contributed by atoms with van der Waals surface area (Å²) in [6.45, 7) is 0.458. The lowest BCUT2D eigenvalue weighted by Crippen LogP contribution is -2.52. The number of nitrogens with zero attached hydrogens (tertiary/aromatic N) is 3. The Bertz CT molecular complexity index is 785. The maximum atomic E-state index is 13.0. The number of piperidine rings is 1. The van der Waals surface area contributed by atoms with Crippen molar-refractivity contribution in [2.24, 2.45) is 0 Å². The smallest absolute Gasteiger partial charge is 0.382 e. The number of halogens is 3. The highest BCUT2D eigenvalue weighted by atomic mass is 19.4. The van der Waals surface area contributed by atoms with Gasteiger partial charge < -0.3 is 10.0 Å². The van der Waals surface area contributed by atoms with Crippen molar-refractivity contribution in [2.75, 3.05) is 11.4 Å². The van der Waals surface area contributed by atoms with Gasteiger partial charge in [0.2, 0.25) is 0 Å². The molecule has 1 unspecified atom stereocenters. The fourth-order valence-corrected chi connectivity index (χ4v) is 3.26. The second kappa shape index (κ2) is 6.29. The van der Waals surface area contributed by atoms with Crippen molar-refractivity contribution in [1.82, 2.24) is 4.98 Å². The molecule has 0 aliphatic carbocycles. The van der Waals surface area contributed by atoms with E-state index < -0.39 is 18.3 Å². The van der Waals surface area contributed by atoms with Gasteiger partial charge in [0.05, 0.1) is 6.04 Å². The normalized spacial score (nSPS) is 20.0. The van der Waals surface area contributed by atoms with E-state index in [9.17, 15) is 18.3 Å². The van der Waals surface area contributed by atoms with Gasteiger partial charge in [-0.25, -0.2) is 4.98 Å². The largest absolute Gasteiger partial charge is 0.416 e. The maximum absolute atomic E-state index is 13.0. The summed E-state index contributed by atoms with van der Waals surface area (Å²) in [5.74, 6) is 0. The van der Waals surface area contributed by atoms with Gasteiger partial charge in [0.15, 0.2) is 6.10 Å². The molecule has 2 heterocycles. The summed E-state index contributed by atoms with van der Waals surface area (Å²) in [4.78, 5) is 5.60. The van der Waals surface area contributed by atoms with E-state index in [0.29, 0.717) is 30.5 Å². The van der Waals surface area contributed by atoms with Gasteiger partial charge in [-0.05, 0) is 48.9 Å². The maximum Gasteiger partial charge on any atom is 0.416 e. The molecule has 1 N–H and O–H groups in total.